The second kappa shape index (κ2) is 5.48. The highest BCUT2D eigenvalue weighted by atomic mass is 16.5. The number of aromatic nitrogens is 2. The SMILES string of the molecule is CC(C)Oc1ccccc1Cc1nc(C2(N)CCC2)no1. The van der Waals surface area contributed by atoms with Gasteiger partial charge in [-0.05, 0) is 39.2 Å². The van der Waals surface area contributed by atoms with E-state index in [4.69, 9.17) is 15.0 Å². The number of hydrogen-bond donors (Lipinski definition) is 1. The topological polar surface area (TPSA) is 74.2 Å². The zero-order chi connectivity index (χ0) is 14.9. The Kier molecular flexibility index (Phi) is 3.68. The summed E-state index contributed by atoms with van der Waals surface area (Å²) in [7, 11) is 0. The van der Waals surface area contributed by atoms with E-state index in [1.807, 2.05) is 38.1 Å². The minimum absolute atomic E-state index is 0.131. The van der Waals surface area contributed by atoms with Crippen molar-refractivity contribution in [2.75, 3.05) is 0 Å². The van der Waals surface area contributed by atoms with Gasteiger partial charge in [-0.2, -0.15) is 4.98 Å². The standard InChI is InChI=1S/C16H21N3O2/c1-11(2)20-13-7-4-3-6-12(13)10-14-18-15(19-21-14)16(17)8-5-9-16/h3-4,6-7,11H,5,8-10,17H2,1-2H3. The minimum atomic E-state index is -0.379. The number of rotatable bonds is 5. The molecule has 0 bridgehead atoms. The number of nitrogens with two attached hydrogens (primary N) is 1. The molecule has 5 nitrogen and oxygen atoms in total. The molecule has 0 radical (unpaired) electrons. The van der Waals surface area contributed by atoms with Crippen LogP contribution in [0.15, 0.2) is 28.8 Å². The molecule has 1 saturated carbocycles. The van der Waals surface area contributed by atoms with Crippen LogP contribution in [0.1, 0.15) is 50.4 Å². The Morgan fingerprint density at radius 3 is 2.76 bits per heavy atom. The molecule has 0 atom stereocenters. The van der Waals surface area contributed by atoms with Crippen LogP contribution in [-0.2, 0) is 12.0 Å². The first-order chi connectivity index (χ1) is 10.1. The fraction of sp³-hybridized carbons (Fsp3) is 0.500. The summed E-state index contributed by atoms with van der Waals surface area (Å²) >= 11 is 0. The summed E-state index contributed by atoms with van der Waals surface area (Å²) in [5, 5.41) is 4.04. The summed E-state index contributed by atoms with van der Waals surface area (Å²) in [5.41, 5.74) is 6.88. The molecular weight excluding hydrogens is 266 g/mol. The van der Waals surface area contributed by atoms with Crippen molar-refractivity contribution in [1.82, 2.24) is 10.1 Å². The molecule has 1 aliphatic rings. The van der Waals surface area contributed by atoms with Crippen molar-refractivity contribution in [2.24, 2.45) is 5.73 Å². The number of ether oxygens (including phenoxy) is 1. The van der Waals surface area contributed by atoms with Gasteiger partial charge in [0.1, 0.15) is 5.75 Å². The summed E-state index contributed by atoms with van der Waals surface area (Å²) in [6.45, 7) is 4.02. The molecule has 1 aromatic heterocycles. The lowest BCUT2D eigenvalue weighted by molar-refractivity contribution is 0.228. The Labute approximate surface area is 124 Å². The van der Waals surface area contributed by atoms with E-state index in [2.05, 4.69) is 10.1 Å². The van der Waals surface area contributed by atoms with Crippen LogP contribution in [0.5, 0.6) is 5.75 Å². The molecule has 0 unspecified atom stereocenters. The smallest absolute Gasteiger partial charge is 0.231 e. The fourth-order valence-corrected chi connectivity index (χ4v) is 2.49. The lowest BCUT2D eigenvalue weighted by Crippen LogP contribution is -2.44. The Bertz CT molecular complexity index is 617. The highest BCUT2D eigenvalue weighted by Crippen LogP contribution is 2.37. The Morgan fingerprint density at radius 2 is 2.10 bits per heavy atom. The van der Waals surface area contributed by atoms with Crippen LogP contribution in [-0.4, -0.2) is 16.2 Å². The predicted octanol–water partition coefficient (Wildman–Crippen LogP) is 2.79. The van der Waals surface area contributed by atoms with E-state index >= 15 is 0 Å². The van der Waals surface area contributed by atoms with Crippen molar-refractivity contribution in [2.45, 2.75) is 51.2 Å². The van der Waals surface area contributed by atoms with Crippen molar-refractivity contribution in [3.05, 3.63) is 41.5 Å². The second-order valence-corrected chi connectivity index (χ2v) is 5.97. The molecule has 5 heteroatoms. The van der Waals surface area contributed by atoms with Crippen molar-refractivity contribution in [1.29, 1.82) is 0 Å². The molecule has 0 saturated heterocycles. The molecule has 21 heavy (non-hydrogen) atoms. The van der Waals surface area contributed by atoms with Crippen molar-refractivity contribution >= 4 is 0 Å². The van der Waals surface area contributed by atoms with Gasteiger partial charge in [0.15, 0.2) is 5.82 Å². The van der Waals surface area contributed by atoms with Crippen LogP contribution in [0.4, 0.5) is 0 Å². The first kappa shape index (κ1) is 14.1. The number of nitrogens with zero attached hydrogens (tertiary/aromatic N) is 2. The third kappa shape index (κ3) is 2.93. The third-order valence-electron chi connectivity index (χ3n) is 3.84. The Morgan fingerprint density at radius 1 is 1.33 bits per heavy atom. The van der Waals surface area contributed by atoms with Crippen molar-refractivity contribution in [3.8, 4) is 5.75 Å². The van der Waals surface area contributed by atoms with Gasteiger partial charge in [0.25, 0.3) is 0 Å². The summed E-state index contributed by atoms with van der Waals surface area (Å²) in [6.07, 6.45) is 3.68. The lowest BCUT2D eigenvalue weighted by Gasteiger charge is -2.34. The molecule has 1 fully saturated rings. The first-order valence-corrected chi connectivity index (χ1v) is 7.43. The molecule has 0 aliphatic heterocycles. The van der Waals surface area contributed by atoms with Crippen molar-refractivity contribution in [3.63, 3.8) is 0 Å². The largest absolute Gasteiger partial charge is 0.491 e. The molecule has 112 valence electrons. The normalized spacial score (nSPS) is 16.8. The van der Waals surface area contributed by atoms with E-state index in [0.29, 0.717) is 18.1 Å². The molecule has 1 aliphatic carbocycles. The molecule has 0 amide bonds. The first-order valence-electron chi connectivity index (χ1n) is 7.43. The van der Waals surface area contributed by atoms with E-state index in [1.54, 1.807) is 0 Å². The minimum Gasteiger partial charge on any atom is -0.491 e. The van der Waals surface area contributed by atoms with Gasteiger partial charge in [0.2, 0.25) is 5.89 Å². The van der Waals surface area contributed by atoms with Crippen LogP contribution in [0.3, 0.4) is 0 Å². The van der Waals surface area contributed by atoms with E-state index in [-0.39, 0.29) is 11.6 Å². The fourth-order valence-electron chi connectivity index (χ4n) is 2.49. The van der Waals surface area contributed by atoms with Crippen LogP contribution in [0.2, 0.25) is 0 Å². The Balaban J connectivity index is 1.78. The summed E-state index contributed by atoms with van der Waals surface area (Å²) < 4.78 is 11.2. The van der Waals surface area contributed by atoms with Gasteiger partial charge in [-0.15, -0.1) is 0 Å². The molecule has 2 N–H and O–H groups in total. The predicted molar refractivity (Wildman–Crippen MR) is 79.0 cm³/mol. The van der Waals surface area contributed by atoms with E-state index in [1.165, 1.54) is 0 Å². The van der Waals surface area contributed by atoms with Gasteiger partial charge >= 0.3 is 0 Å². The number of hydrogen-bond acceptors (Lipinski definition) is 5. The van der Waals surface area contributed by atoms with E-state index in [9.17, 15) is 0 Å². The molecular formula is C16H21N3O2. The summed E-state index contributed by atoms with van der Waals surface area (Å²) in [4.78, 5) is 4.46. The molecule has 0 spiro atoms. The molecule has 3 rings (SSSR count). The Hall–Kier alpha value is -1.88. The van der Waals surface area contributed by atoms with Crippen LogP contribution in [0, 0.1) is 0 Å². The summed E-state index contributed by atoms with van der Waals surface area (Å²) in [6, 6.07) is 7.92. The van der Waals surface area contributed by atoms with Gasteiger partial charge < -0.3 is 15.0 Å². The van der Waals surface area contributed by atoms with E-state index < -0.39 is 0 Å². The average molecular weight is 287 g/mol. The number of para-hydroxylation sites is 1. The van der Waals surface area contributed by atoms with Gasteiger partial charge in [-0.3, -0.25) is 0 Å². The van der Waals surface area contributed by atoms with Gasteiger partial charge in [0, 0.05) is 5.56 Å². The van der Waals surface area contributed by atoms with Crippen LogP contribution >= 0.6 is 0 Å². The average Bonchev–Trinajstić information content (AvgIpc) is 2.86. The third-order valence-corrected chi connectivity index (χ3v) is 3.84. The highest BCUT2D eigenvalue weighted by molar-refractivity contribution is 5.35. The summed E-state index contributed by atoms with van der Waals surface area (Å²) in [5.74, 6) is 2.07. The number of benzene rings is 1. The monoisotopic (exact) mass is 287 g/mol. The van der Waals surface area contributed by atoms with Crippen LogP contribution in [0.25, 0.3) is 0 Å². The van der Waals surface area contributed by atoms with E-state index in [0.717, 1.165) is 30.6 Å². The molecule has 1 heterocycles. The zero-order valence-electron chi connectivity index (χ0n) is 12.5. The maximum atomic E-state index is 6.22. The van der Waals surface area contributed by atoms with Crippen LogP contribution < -0.4 is 10.5 Å². The lowest BCUT2D eigenvalue weighted by atomic mass is 9.77. The maximum absolute atomic E-state index is 6.22. The van der Waals surface area contributed by atoms with Gasteiger partial charge in [0.05, 0.1) is 18.1 Å². The zero-order valence-corrected chi connectivity index (χ0v) is 12.5. The molecule has 2 aromatic rings. The van der Waals surface area contributed by atoms with Gasteiger partial charge in [-0.25, -0.2) is 0 Å². The van der Waals surface area contributed by atoms with Crippen molar-refractivity contribution < 1.29 is 9.26 Å². The molecule has 1 aromatic carbocycles. The quantitative estimate of drug-likeness (QED) is 0.915. The second-order valence-electron chi connectivity index (χ2n) is 5.97. The maximum Gasteiger partial charge on any atom is 0.231 e. The highest BCUT2D eigenvalue weighted by Gasteiger charge is 2.38. The van der Waals surface area contributed by atoms with Gasteiger partial charge in [-0.1, -0.05) is 23.4 Å².